The first-order valence-corrected chi connectivity index (χ1v) is 7.68. The molecule has 1 nitrogen and oxygen atoms in total. The molecule has 0 bridgehead atoms. The van der Waals surface area contributed by atoms with Gasteiger partial charge in [0.15, 0.2) is 0 Å². The molecule has 3 atom stereocenters. The Labute approximate surface area is 111 Å². The molecule has 3 unspecified atom stereocenters. The summed E-state index contributed by atoms with van der Waals surface area (Å²) in [7, 11) is 0. The van der Waals surface area contributed by atoms with Crippen molar-refractivity contribution in [2.24, 2.45) is 5.92 Å². The number of rotatable bonds is 4. The summed E-state index contributed by atoms with van der Waals surface area (Å²) in [6.07, 6.45) is 8.34. The van der Waals surface area contributed by atoms with Crippen LogP contribution in [0.3, 0.4) is 0 Å². The van der Waals surface area contributed by atoms with Crippen molar-refractivity contribution in [3.8, 4) is 0 Å². The Morgan fingerprint density at radius 1 is 1.22 bits per heavy atom. The SMILES string of the molecule is CCC1CCCC(NCC2Cc3ccccc32)C1. The van der Waals surface area contributed by atoms with Crippen LogP contribution in [0.5, 0.6) is 0 Å². The van der Waals surface area contributed by atoms with Gasteiger partial charge in [-0.15, -0.1) is 0 Å². The lowest BCUT2D eigenvalue weighted by Gasteiger charge is -2.34. The first-order valence-electron chi connectivity index (χ1n) is 7.68. The molecule has 1 heteroatoms. The monoisotopic (exact) mass is 243 g/mol. The third-order valence-corrected chi connectivity index (χ3v) is 4.97. The van der Waals surface area contributed by atoms with E-state index in [1.165, 1.54) is 45.1 Å². The summed E-state index contributed by atoms with van der Waals surface area (Å²) >= 11 is 0. The molecule has 0 heterocycles. The predicted octanol–water partition coefficient (Wildman–Crippen LogP) is 3.88. The molecular weight excluding hydrogens is 218 g/mol. The second kappa shape index (κ2) is 5.44. The highest BCUT2D eigenvalue weighted by Crippen LogP contribution is 2.34. The van der Waals surface area contributed by atoms with Crippen LogP contribution in [0.15, 0.2) is 24.3 Å². The molecule has 98 valence electrons. The van der Waals surface area contributed by atoms with E-state index in [9.17, 15) is 0 Å². The van der Waals surface area contributed by atoms with Gasteiger partial charge in [0.25, 0.3) is 0 Å². The van der Waals surface area contributed by atoms with E-state index in [-0.39, 0.29) is 0 Å². The van der Waals surface area contributed by atoms with Gasteiger partial charge in [0.2, 0.25) is 0 Å². The van der Waals surface area contributed by atoms with E-state index < -0.39 is 0 Å². The summed E-state index contributed by atoms with van der Waals surface area (Å²) in [6, 6.07) is 9.71. The van der Waals surface area contributed by atoms with Gasteiger partial charge < -0.3 is 5.32 Å². The third kappa shape index (κ3) is 2.47. The van der Waals surface area contributed by atoms with Crippen LogP contribution in [-0.2, 0) is 6.42 Å². The highest BCUT2D eigenvalue weighted by Gasteiger charge is 2.27. The minimum Gasteiger partial charge on any atom is -0.313 e. The van der Waals surface area contributed by atoms with Crippen molar-refractivity contribution >= 4 is 0 Å². The number of hydrogen-bond donors (Lipinski definition) is 1. The Morgan fingerprint density at radius 3 is 2.94 bits per heavy atom. The molecule has 2 aliphatic carbocycles. The summed E-state index contributed by atoms with van der Waals surface area (Å²) in [4.78, 5) is 0. The molecule has 1 aromatic carbocycles. The number of nitrogens with one attached hydrogen (secondary N) is 1. The van der Waals surface area contributed by atoms with Gasteiger partial charge in [0, 0.05) is 18.5 Å². The maximum Gasteiger partial charge on any atom is 0.00699 e. The van der Waals surface area contributed by atoms with Gasteiger partial charge in [0.1, 0.15) is 0 Å². The van der Waals surface area contributed by atoms with E-state index >= 15 is 0 Å². The Morgan fingerprint density at radius 2 is 2.11 bits per heavy atom. The molecule has 0 aromatic heterocycles. The smallest absolute Gasteiger partial charge is 0.00699 e. The Bertz CT molecular complexity index is 398. The van der Waals surface area contributed by atoms with Gasteiger partial charge in [-0.25, -0.2) is 0 Å². The normalized spacial score (nSPS) is 30.6. The third-order valence-electron chi connectivity index (χ3n) is 4.97. The van der Waals surface area contributed by atoms with Crippen LogP contribution >= 0.6 is 0 Å². The molecule has 0 amide bonds. The second-order valence-corrected chi connectivity index (χ2v) is 6.15. The van der Waals surface area contributed by atoms with Crippen molar-refractivity contribution in [1.82, 2.24) is 5.32 Å². The van der Waals surface area contributed by atoms with Crippen molar-refractivity contribution in [3.63, 3.8) is 0 Å². The molecule has 1 fully saturated rings. The average Bonchev–Trinajstić information content (AvgIpc) is 2.40. The summed E-state index contributed by atoms with van der Waals surface area (Å²) < 4.78 is 0. The Hall–Kier alpha value is -0.820. The zero-order valence-corrected chi connectivity index (χ0v) is 11.5. The lowest BCUT2D eigenvalue weighted by atomic mass is 9.77. The van der Waals surface area contributed by atoms with Crippen LogP contribution in [-0.4, -0.2) is 12.6 Å². The summed E-state index contributed by atoms with van der Waals surface area (Å²) in [5.74, 6) is 1.76. The van der Waals surface area contributed by atoms with Crippen LogP contribution in [0.2, 0.25) is 0 Å². The summed E-state index contributed by atoms with van der Waals surface area (Å²) in [5.41, 5.74) is 3.16. The van der Waals surface area contributed by atoms with Crippen molar-refractivity contribution in [2.45, 2.75) is 57.4 Å². The minimum atomic E-state index is 0.781. The molecule has 0 saturated heterocycles. The van der Waals surface area contributed by atoms with E-state index in [0.29, 0.717) is 0 Å². The van der Waals surface area contributed by atoms with Crippen LogP contribution < -0.4 is 5.32 Å². The van der Waals surface area contributed by atoms with Crippen LogP contribution in [0.1, 0.15) is 56.1 Å². The number of hydrogen-bond acceptors (Lipinski definition) is 1. The van der Waals surface area contributed by atoms with Gasteiger partial charge in [-0.3, -0.25) is 0 Å². The lowest BCUT2D eigenvalue weighted by Crippen LogP contribution is -2.38. The van der Waals surface area contributed by atoms with Gasteiger partial charge in [-0.1, -0.05) is 50.5 Å². The van der Waals surface area contributed by atoms with Gasteiger partial charge in [-0.2, -0.15) is 0 Å². The first kappa shape index (κ1) is 12.2. The molecule has 0 spiro atoms. The molecular formula is C17H25N. The molecule has 2 aliphatic rings. The Balaban J connectivity index is 1.48. The molecule has 3 rings (SSSR count). The van der Waals surface area contributed by atoms with E-state index in [4.69, 9.17) is 0 Å². The second-order valence-electron chi connectivity index (χ2n) is 6.15. The molecule has 0 aliphatic heterocycles. The maximum absolute atomic E-state index is 3.83. The van der Waals surface area contributed by atoms with Crippen LogP contribution in [0.4, 0.5) is 0 Å². The zero-order valence-electron chi connectivity index (χ0n) is 11.5. The van der Waals surface area contributed by atoms with Crippen molar-refractivity contribution < 1.29 is 0 Å². The Kier molecular flexibility index (Phi) is 3.69. The van der Waals surface area contributed by atoms with Crippen molar-refractivity contribution in [3.05, 3.63) is 35.4 Å². The molecule has 1 saturated carbocycles. The fraction of sp³-hybridized carbons (Fsp3) is 0.647. The van der Waals surface area contributed by atoms with Gasteiger partial charge in [-0.05, 0) is 36.3 Å². The topological polar surface area (TPSA) is 12.0 Å². The van der Waals surface area contributed by atoms with E-state index in [0.717, 1.165) is 17.9 Å². The fourth-order valence-corrected chi connectivity index (χ4v) is 3.70. The van der Waals surface area contributed by atoms with E-state index in [2.05, 4.69) is 36.5 Å². The zero-order chi connectivity index (χ0) is 12.4. The van der Waals surface area contributed by atoms with E-state index in [1.807, 2.05) is 0 Å². The largest absolute Gasteiger partial charge is 0.313 e. The molecule has 18 heavy (non-hydrogen) atoms. The lowest BCUT2D eigenvalue weighted by molar-refractivity contribution is 0.274. The standard InChI is InChI=1S/C17H25N/c1-2-13-6-5-8-16(10-13)18-12-15-11-14-7-3-4-9-17(14)15/h3-4,7,9,13,15-16,18H,2,5-6,8,10-12H2,1H3. The minimum absolute atomic E-state index is 0.781. The van der Waals surface area contributed by atoms with Crippen LogP contribution in [0.25, 0.3) is 0 Å². The first-order chi connectivity index (χ1) is 8.86. The quantitative estimate of drug-likeness (QED) is 0.846. The highest BCUT2D eigenvalue weighted by molar-refractivity contribution is 5.40. The highest BCUT2D eigenvalue weighted by atomic mass is 14.9. The summed E-state index contributed by atoms with van der Waals surface area (Å²) in [5, 5.41) is 3.83. The average molecular weight is 243 g/mol. The summed E-state index contributed by atoms with van der Waals surface area (Å²) in [6.45, 7) is 3.54. The van der Waals surface area contributed by atoms with Crippen molar-refractivity contribution in [1.29, 1.82) is 0 Å². The van der Waals surface area contributed by atoms with Crippen molar-refractivity contribution in [2.75, 3.05) is 6.54 Å². The van der Waals surface area contributed by atoms with Gasteiger partial charge >= 0.3 is 0 Å². The van der Waals surface area contributed by atoms with Crippen LogP contribution in [0, 0.1) is 5.92 Å². The molecule has 0 radical (unpaired) electrons. The van der Waals surface area contributed by atoms with E-state index in [1.54, 1.807) is 11.1 Å². The molecule has 1 N–H and O–H groups in total. The maximum atomic E-state index is 3.83. The number of fused-ring (bicyclic) bond motifs is 1. The van der Waals surface area contributed by atoms with Gasteiger partial charge in [0.05, 0.1) is 0 Å². The molecule has 1 aromatic rings. The number of benzene rings is 1. The fourth-order valence-electron chi connectivity index (χ4n) is 3.70. The predicted molar refractivity (Wildman–Crippen MR) is 76.9 cm³/mol.